The highest BCUT2D eigenvalue weighted by molar-refractivity contribution is 5.84. The van der Waals surface area contributed by atoms with Crippen molar-refractivity contribution in [1.82, 2.24) is 15.5 Å². The lowest BCUT2D eigenvalue weighted by molar-refractivity contribution is -0.131. The predicted octanol–water partition coefficient (Wildman–Crippen LogP) is 3.61. The number of nitrogens with one attached hydrogen (secondary N) is 2. The molecule has 0 radical (unpaired) electrons. The van der Waals surface area contributed by atoms with E-state index in [9.17, 15) is 14.9 Å². The third kappa shape index (κ3) is 7.33. The van der Waals surface area contributed by atoms with Crippen molar-refractivity contribution in [2.45, 2.75) is 51.4 Å². The minimum Gasteiger partial charge on any atom is -0.436 e. The molecule has 1 saturated heterocycles. The Labute approximate surface area is 195 Å². The van der Waals surface area contributed by atoms with Crippen LogP contribution < -0.4 is 10.6 Å². The van der Waals surface area contributed by atoms with Crippen molar-refractivity contribution >= 4 is 12.0 Å². The van der Waals surface area contributed by atoms with Gasteiger partial charge in [-0.05, 0) is 29.9 Å². The van der Waals surface area contributed by atoms with Crippen LogP contribution >= 0.6 is 0 Å². The van der Waals surface area contributed by atoms with Crippen LogP contribution in [-0.2, 0) is 22.6 Å². The number of ether oxygens (including phenoxy) is 1. The Morgan fingerprint density at radius 1 is 1.09 bits per heavy atom. The first-order chi connectivity index (χ1) is 15.9. The van der Waals surface area contributed by atoms with Gasteiger partial charge in [0.2, 0.25) is 0 Å². The maximum atomic E-state index is 13.1. The highest BCUT2D eigenvalue weighted by Crippen LogP contribution is 2.23. The zero-order chi connectivity index (χ0) is 23.7. The minimum absolute atomic E-state index is 0.138. The van der Waals surface area contributed by atoms with Crippen LogP contribution in [0.1, 0.15) is 37.8 Å². The fourth-order valence-electron chi connectivity index (χ4n) is 3.98. The van der Waals surface area contributed by atoms with E-state index in [1.54, 1.807) is 0 Å². The number of carbonyl (C=O) groups is 2. The third-order valence-corrected chi connectivity index (χ3v) is 5.68. The smallest absolute Gasteiger partial charge is 0.408 e. The summed E-state index contributed by atoms with van der Waals surface area (Å²) in [6, 6.07) is 21.8. The van der Waals surface area contributed by atoms with E-state index in [4.69, 9.17) is 4.74 Å². The summed E-state index contributed by atoms with van der Waals surface area (Å²) in [7, 11) is 0. The summed E-state index contributed by atoms with van der Waals surface area (Å²) < 4.78 is 5.48. The van der Waals surface area contributed by atoms with Crippen LogP contribution in [0.3, 0.4) is 0 Å². The summed E-state index contributed by atoms with van der Waals surface area (Å²) in [6.07, 6.45) is -0.715. The molecule has 2 aromatic rings. The Morgan fingerprint density at radius 2 is 1.73 bits per heavy atom. The van der Waals surface area contributed by atoms with Gasteiger partial charge in [0.25, 0.3) is 5.91 Å². The van der Waals surface area contributed by atoms with Gasteiger partial charge in [0.1, 0.15) is 5.54 Å². The molecule has 0 aliphatic carbocycles. The second-order valence-corrected chi connectivity index (χ2v) is 8.99. The number of likely N-dealkylation sites (tertiary alicyclic amines) is 1. The first kappa shape index (κ1) is 24.3. The second kappa shape index (κ2) is 11.5. The molecule has 7 heteroatoms. The van der Waals surface area contributed by atoms with Gasteiger partial charge in [-0.3, -0.25) is 9.69 Å². The van der Waals surface area contributed by atoms with E-state index in [1.807, 2.05) is 74.5 Å². The minimum atomic E-state index is -0.995. The Balaban J connectivity index is 1.58. The van der Waals surface area contributed by atoms with Gasteiger partial charge in [-0.15, -0.1) is 0 Å². The number of alkyl carbamates (subject to hydrolysis) is 1. The Bertz CT molecular complexity index is 959. The number of carbonyl (C=O) groups excluding carboxylic acids is 2. The van der Waals surface area contributed by atoms with Gasteiger partial charge in [-0.2, -0.15) is 5.26 Å². The van der Waals surface area contributed by atoms with E-state index in [0.29, 0.717) is 39.0 Å². The molecule has 1 heterocycles. The van der Waals surface area contributed by atoms with Crippen molar-refractivity contribution in [2.24, 2.45) is 5.92 Å². The van der Waals surface area contributed by atoms with Gasteiger partial charge in [0.15, 0.2) is 6.10 Å². The molecule has 1 fully saturated rings. The van der Waals surface area contributed by atoms with Crippen LogP contribution in [0, 0.1) is 17.2 Å². The zero-order valence-corrected chi connectivity index (χ0v) is 19.3. The maximum absolute atomic E-state index is 13.1. The molecule has 2 unspecified atom stereocenters. The Kier molecular flexibility index (Phi) is 8.45. The molecule has 1 aliphatic rings. The molecular weight excluding hydrogens is 416 g/mol. The number of rotatable bonds is 9. The maximum Gasteiger partial charge on any atom is 0.408 e. The summed E-state index contributed by atoms with van der Waals surface area (Å²) in [5.74, 6) is -0.291. The molecule has 3 rings (SSSR count). The summed E-state index contributed by atoms with van der Waals surface area (Å²) >= 11 is 0. The first-order valence-corrected chi connectivity index (χ1v) is 11.4. The molecule has 1 aliphatic heterocycles. The number of nitrogens with zero attached hydrogens (tertiary/aromatic N) is 2. The molecule has 2 atom stereocenters. The third-order valence-electron chi connectivity index (χ3n) is 5.68. The molecule has 0 bridgehead atoms. The van der Waals surface area contributed by atoms with Gasteiger partial charge in [0.05, 0.1) is 6.07 Å². The topological polar surface area (TPSA) is 94.5 Å². The summed E-state index contributed by atoms with van der Waals surface area (Å²) in [5, 5.41) is 15.5. The number of hydrogen-bond donors (Lipinski definition) is 2. The van der Waals surface area contributed by atoms with Gasteiger partial charge < -0.3 is 15.4 Å². The SMILES string of the molecule is CC(C)CC(OC(=O)NCc1ccccc1)C(=O)NC1(C#N)CCN(Cc2ccccc2)C1. The molecule has 2 N–H and O–H groups in total. The first-order valence-electron chi connectivity index (χ1n) is 11.4. The normalized spacial score (nSPS) is 19.0. The average molecular weight is 449 g/mol. The molecule has 0 saturated carbocycles. The van der Waals surface area contributed by atoms with E-state index in [0.717, 1.165) is 11.1 Å². The van der Waals surface area contributed by atoms with Crippen molar-refractivity contribution in [3.63, 3.8) is 0 Å². The average Bonchev–Trinajstić information content (AvgIpc) is 3.21. The predicted molar refractivity (Wildman–Crippen MR) is 126 cm³/mol. The van der Waals surface area contributed by atoms with Gasteiger partial charge in [-0.25, -0.2) is 4.79 Å². The molecule has 174 valence electrons. The molecule has 0 aromatic heterocycles. The lowest BCUT2D eigenvalue weighted by Gasteiger charge is -2.27. The number of benzene rings is 2. The molecule has 0 spiro atoms. The molecule has 2 aromatic carbocycles. The zero-order valence-electron chi connectivity index (χ0n) is 19.3. The molecule has 7 nitrogen and oxygen atoms in total. The van der Waals surface area contributed by atoms with Crippen molar-refractivity contribution in [2.75, 3.05) is 13.1 Å². The van der Waals surface area contributed by atoms with E-state index in [-0.39, 0.29) is 5.92 Å². The van der Waals surface area contributed by atoms with E-state index >= 15 is 0 Å². The monoisotopic (exact) mass is 448 g/mol. The highest BCUT2D eigenvalue weighted by Gasteiger charge is 2.41. The van der Waals surface area contributed by atoms with Crippen molar-refractivity contribution in [1.29, 1.82) is 5.26 Å². The molecular formula is C26H32N4O3. The number of hydrogen-bond acceptors (Lipinski definition) is 5. The fourth-order valence-corrected chi connectivity index (χ4v) is 3.98. The van der Waals surface area contributed by atoms with Crippen molar-refractivity contribution < 1.29 is 14.3 Å². The van der Waals surface area contributed by atoms with Crippen LogP contribution in [0.15, 0.2) is 60.7 Å². The van der Waals surface area contributed by atoms with Crippen molar-refractivity contribution in [3.8, 4) is 6.07 Å². The second-order valence-electron chi connectivity index (χ2n) is 8.99. The summed E-state index contributed by atoms with van der Waals surface area (Å²) in [5.41, 5.74) is 1.10. The van der Waals surface area contributed by atoms with Crippen LogP contribution in [0.5, 0.6) is 0 Å². The lowest BCUT2D eigenvalue weighted by atomic mass is 9.98. The standard InChI is InChI=1S/C26H32N4O3/c1-20(2)15-23(33-25(32)28-16-21-9-5-3-6-10-21)24(31)29-26(18-27)13-14-30(19-26)17-22-11-7-4-8-12-22/h3-12,20,23H,13-17,19H2,1-2H3,(H,28,32)(H,29,31). The van der Waals surface area contributed by atoms with Crippen LogP contribution in [0.2, 0.25) is 0 Å². The van der Waals surface area contributed by atoms with Crippen LogP contribution in [0.4, 0.5) is 4.79 Å². The summed E-state index contributed by atoms with van der Waals surface area (Å²) in [6.45, 7) is 6.08. The van der Waals surface area contributed by atoms with Gasteiger partial charge in [0, 0.05) is 26.2 Å². The van der Waals surface area contributed by atoms with E-state index in [1.165, 1.54) is 0 Å². The summed E-state index contributed by atoms with van der Waals surface area (Å²) in [4.78, 5) is 27.6. The Hall–Kier alpha value is -3.37. The van der Waals surface area contributed by atoms with Gasteiger partial charge >= 0.3 is 6.09 Å². The Morgan fingerprint density at radius 3 is 2.33 bits per heavy atom. The highest BCUT2D eigenvalue weighted by atomic mass is 16.6. The quantitative estimate of drug-likeness (QED) is 0.611. The lowest BCUT2D eigenvalue weighted by Crippen LogP contribution is -2.53. The number of nitriles is 1. The van der Waals surface area contributed by atoms with Crippen LogP contribution in [0.25, 0.3) is 0 Å². The largest absolute Gasteiger partial charge is 0.436 e. The molecule has 33 heavy (non-hydrogen) atoms. The van der Waals surface area contributed by atoms with Gasteiger partial charge in [-0.1, -0.05) is 74.5 Å². The fraction of sp³-hybridized carbons (Fsp3) is 0.423. The molecule has 2 amide bonds. The number of amides is 2. The van der Waals surface area contributed by atoms with Crippen molar-refractivity contribution in [3.05, 3.63) is 71.8 Å². The van der Waals surface area contributed by atoms with Crippen LogP contribution in [-0.4, -0.2) is 41.6 Å². The van der Waals surface area contributed by atoms with E-state index < -0.39 is 23.6 Å². The van der Waals surface area contributed by atoms with E-state index in [2.05, 4.69) is 21.6 Å².